The molecule has 3 heterocycles. The summed E-state index contributed by atoms with van der Waals surface area (Å²) in [4.78, 5) is 24.6. The van der Waals surface area contributed by atoms with E-state index in [9.17, 15) is 4.79 Å². The smallest absolute Gasteiger partial charge is 0.334 e. The molecule has 0 aromatic carbocycles. The van der Waals surface area contributed by atoms with Gasteiger partial charge in [0.05, 0.1) is 12.3 Å². The van der Waals surface area contributed by atoms with Crippen LogP contribution < -0.4 is 15.0 Å². The van der Waals surface area contributed by atoms with E-state index < -0.39 is 5.60 Å². The summed E-state index contributed by atoms with van der Waals surface area (Å²) in [5.74, 6) is 2.05. The van der Waals surface area contributed by atoms with Crippen molar-refractivity contribution < 1.29 is 14.3 Å². The zero-order chi connectivity index (χ0) is 23.4. The van der Waals surface area contributed by atoms with Crippen LogP contribution in [0.3, 0.4) is 0 Å². The predicted molar refractivity (Wildman–Crippen MR) is 129 cm³/mol. The first kappa shape index (κ1) is 24.0. The molecule has 7 heteroatoms. The molecule has 4 rings (SSSR count). The number of fused-ring (bicyclic) bond motifs is 1. The Balaban J connectivity index is 1.48. The molecule has 1 unspecified atom stereocenters. The number of nitrogens with one attached hydrogen (secondary N) is 1. The van der Waals surface area contributed by atoms with Crippen LogP contribution in [0.5, 0.6) is 6.01 Å². The van der Waals surface area contributed by atoms with Gasteiger partial charge in [-0.15, -0.1) is 0 Å². The Kier molecular flexibility index (Phi) is 7.57. The second-order valence-corrected chi connectivity index (χ2v) is 10.8. The Labute approximate surface area is 198 Å². The summed E-state index contributed by atoms with van der Waals surface area (Å²) in [6.07, 6.45) is 9.53. The third kappa shape index (κ3) is 6.25. The fourth-order valence-electron chi connectivity index (χ4n) is 5.07. The molecule has 1 saturated carbocycles. The fraction of sp³-hybridized carbons (Fsp3) is 0.731. The number of hydrogen-bond acceptors (Lipinski definition) is 7. The lowest BCUT2D eigenvalue weighted by molar-refractivity contribution is -0.150. The average molecular weight is 457 g/mol. The van der Waals surface area contributed by atoms with Crippen molar-refractivity contribution in [2.24, 2.45) is 11.8 Å². The highest BCUT2D eigenvalue weighted by Gasteiger charge is 2.27. The van der Waals surface area contributed by atoms with Crippen LogP contribution >= 0.6 is 0 Å². The monoisotopic (exact) mass is 456 g/mol. The SMILES string of the molecule is CC1CCCC[C@H]1COc1nc2c(c(N3CCC=C(C(=O)OC(C)(C)C)CC3)n1)CCNC2. The lowest BCUT2D eigenvalue weighted by Gasteiger charge is -2.30. The lowest BCUT2D eigenvalue weighted by atomic mass is 9.81. The van der Waals surface area contributed by atoms with Gasteiger partial charge in [0.2, 0.25) is 0 Å². The molecule has 0 amide bonds. The van der Waals surface area contributed by atoms with Gasteiger partial charge in [-0.05, 0) is 64.8 Å². The maximum atomic E-state index is 12.6. The Morgan fingerprint density at radius 1 is 1.18 bits per heavy atom. The second kappa shape index (κ2) is 10.4. The maximum absolute atomic E-state index is 12.6. The molecule has 1 N–H and O–H groups in total. The van der Waals surface area contributed by atoms with Crippen LogP contribution in [-0.4, -0.2) is 47.8 Å². The van der Waals surface area contributed by atoms with E-state index in [0.717, 1.165) is 56.1 Å². The molecule has 33 heavy (non-hydrogen) atoms. The predicted octanol–water partition coefficient (Wildman–Crippen LogP) is 4.20. The fourth-order valence-corrected chi connectivity index (χ4v) is 5.07. The van der Waals surface area contributed by atoms with E-state index in [-0.39, 0.29) is 5.97 Å². The first-order valence-corrected chi connectivity index (χ1v) is 12.7. The molecule has 0 spiro atoms. The van der Waals surface area contributed by atoms with Crippen molar-refractivity contribution in [1.29, 1.82) is 0 Å². The van der Waals surface area contributed by atoms with Gasteiger partial charge in [0.15, 0.2) is 0 Å². The van der Waals surface area contributed by atoms with Gasteiger partial charge < -0.3 is 19.7 Å². The molecule has 2 atom stereocenters. The van der Waals surface area contributed by atoms with Crippen LogP contribution in [0.2, 0.25) is 0 Å². The normalized spacial score (nSPS) is 23.9. The van der Waals surface area contributed by atoms with E-state index in [1.54, 1.807) is 0 Å². The number of hydrogen-bond donors (Lipinski definition) is 1. The second-order valence-electron chi connectivity index (χ2n) is 10.8. The molecular weight excluding hydrogens is 416 g/mol. The summed E-state index contributed by atoms with van der Waals surface area (Å²) in [6.45, 7) is 12.0. The van der Waals surface area contributed by atoms with Gasteiger partial charge in [0, 0.05) is 30.8 Å². The summed E-state index contributed by atoms with van der Waals surface area (Å²) < 4.78 is 11.8. The molecule has 0 radical (unpaired) electrons. The summed E-state index contributed by atoms with van der Waals surface area (Å²) in [7, 11) is 0. The molecule has 1 fully saturated rings. The summed E-state index contributed by atoms with van der Waals surface area (Å²) in [5.41, 5.74) is 2.54. The highest BCUT2D eigenvalue weighted by molar-refractivity contribution is 5.89. The van der Waals surface area contributed by atoms with Crippen molar-refractivity contribution in [3.63, 3.8) is 0 Å². The van der Waals surface area contributed by atoms with Crippen molar-refractivity contribution in [3.8, 4) is 6.01 Å². The molecule has 2 aliphatic heterocycles. The zero-order valence-electron chi connectivity index (χ0n) is 20.8. The number of anilines is 1. The molecule has 1 aromatic heterocycles. The van der Waals surface area contributed by atoms with Crippen molar-refractivity contribution in [2.45, 2.75) is 84.8 Å². The standard InChI is InChI=1S/C26H40N4O3/c1-18-8-5-6-9-20(18)17-32-25-28-22-16-27-13-11-21(22)23(29-25)30-14-7-10-19(12-15-30)24(31)33-26(2,3)4/h10,18,20,27H,5-9,11-17H2,1-4H3/t18?,20-/m0/s1. The van der Waals surface area contributed by atoms with Crippen LogP contribution in [0.25, 0.3) is 0 Å². The Morgan fingerprint density at radius 3 is 2.79 bits per heavy atom. The first-order valence-electron chi connectivity index (χ1n) is 12.7. The van der Waals surface area contributed by atoms with Gasteiger partial charge in [-0.3, -0.25) is 0 Å². The van der Waals surface area contributed by atoms with E-state index in [0.29, 0.717) is 30.9 Å². The Bertz CT molecular complexity index is 877. The molecule has 7 nitrogen and oxygen atoms in total. The largest absolute Gasteiger partial charge is 0.463 e. The molecule has 1 aromatic rings. The van der Waals surface area contributed by atoms with Crippen LogP contribution in [0, 0.1) is 11.8 Å². The van der Waals surface area contributed by atoms with Gasteiger partial charge in [0.1, 0.15) is 11.4 Å². The third-order valence-electron chi connectivity index (χ3n) is 7.01. The van der Waals surface area contributed by atoms with Gasteiger partial charge >= 0.3 is 12.0 Å². The van der Waals surface area contributed by atoms with Gasteiger partial charge in [-0.25, -0.2) is 4.79 Å². The molecule has 1 aliphatic carbocycles. The number of nitrogens with zero attached hydrogens (tertiary/aromatic N) is 3. The highest BCUT2D eigenvalue weighted by atomic mass is 16.6. The number of rotatable bonds is 5. The zero-order valence-corrected chi connectivity index (χ0v) is 20.8. The number of aromatic nitrogens is 2. The van der Waals surface area contributed by atoms with E-state index in [2.05, 4.69) is 17.1 Å². The Hall–Kier alpha value is -2.15. The van der Waals surface area contributed by atoms with Gasteiger partial charge in [0.25, 0.3) is 0 Å². The number of ether oxygens (including phenoxy) is 2. The molecule has 3 aliphatic rings. The lowest BCUT2D eigenvalue weighted by Crippen LogP contribution is -2.32. The molecule has 0 bridgehead atoms. The van der Waals surface area contributed by atoms with Crippen molar-refractivity contribution in [3.05, 3.63) is 22.9 Å². The van der Waals surface area contributed by atoms with E-state index in [1.807, 2.05) is 26.8 Å². The first-order chi connectivity index (χ1) is 15.8. The van der Waals surface area contributed by atoms with E-state index in [1.165, 1.54) is 31.2 Å². The van der Waals surface area contributed by atoms with Crippen LogP contribution in [-0.2, 0) is 22.5 Å². The van der Waals surface area contributed by atoms with Crippen LogP contribution in [0.15, 0.2) is 11.6 Å². The summed E-state index contributed by atoms with van der Waals surface area (Å²) >= 11 is 0. The minimum atomic E-state index is -0.481. The quantitative estimate of drug-likeness (QED) is 0.666. The number of carbonyl (C=O) groups excluding carboxylic acids is 1. The van der Waals surface area contributed by atoms with Crippen molar-refractivity contribution in [2.75, 3.05) is 31.1 Å². The van der Waals surface area contributed by atoms with Gasteiger partial charge in [-0.2, -0.15) is 9.97 Å². The minimum absolute atomic E-state index is 0.205. The average Bonchev–Trinajstić information content (AvgIpc) is 3.03. The number of esters is 1. The topological polar surface area (TPSA) is 76.6 Å². The minimum Gasteiger partial charge on any atom is -0.463 e. The number of carbonyl (C=O) groups is 1. The van der Waals surface area contributed by atoms with E-state index in [4.69, 9.17) is 19.4 Å². The van der Waals surface area contributed by atoms with Crippen LogP contribution in [0.4, 0.5) is 5.82 Å². The van der Waals surface area contributed by atoms with Gasteiger partial charge in [-0.1, -0.05) is 32.3 Å². The highest BCUT2D eigenvalue weighted by Crippen LogP contribution is 2.31. The molecular formula is C26H40N4O3. The molecule has 0 saturated heterocycles. The summed E-state index contributed by atoms with van der Waals surface area (Å²) in [5, 5.41) is 3.43. The summed E-state index contributed by atoms with van der Waals surface area (Å²) in [6, 6.07) is 0.495. The Morgan fingerprint density at radius 2 is 2.00 bits per heavy atom. The van der Waals surface area contributed by atoms with Crippen molar-refractivity contribution >= 4 is 11.8 Å². The molecule has 182 valence electrons. The maximum Gasteiger partial charge on any atom is 0.334 e. The van der Waals surface area contributed by atoms with Crippen LogP contribution in [0.1, 0.15) is 77.5 Å². The van der Waals surface area contributed by atoms with Crippen molar-refractivity contribution in [1.82, 2.24) is 15.3 Å². The van der Waals surface area contributed by atoms with E-state index >= 15 is 0 Å². The third-order valence-corrected chi connectivity index (χ3v) is 7.01.